The molecule has 4 rings (SSSR count). The van der Waals surface area contributed by atoms with Crippen molar-refractivity contribution in [1.82, 2.24) is 19.2 Å². The van der Waals surface area contributed by atoms with Crippen molar-refractivity contribution in [1.29, 1.82) is 0 Å². The molecule has 0 spiro atoms. The summed E-state index contributed by atoms with van der Waals surface area (Å²) in [5.41, 5.74) is 3.55. The number of hydrogen-bond acceptors (Lipinski definition) is 4. The van der Waals surface area contributed by atoms with Gasteiger partial charge in [0, 0.05) is 12.6 Å². The Morgan fingerprint density at radius 1 is 1.06 bits per heavy atom. The summed E-state index contributed by atoms with van der Waals surface area (Å²) < 4.78 is 17.6. The lowest BCUT2D eigenvalue weighted by molar-refractivity contribution is -0.114. The van der Waals surface area contributed by atoms with Crippen LogP contribution in [0.15, 0.2) is 85.2 Å². The SMILES string of the molecule is CC(=O)Nc1cccc(-n2cnn(CN(C)[C@H](c3ccccc3)c3ccc(F)cc3)c2=S)c1. The number of nitrogens with zero attached hydrogens (tertiary/aromatic N) is 4. The predicted molar refractivity (Wildman–Crippen MR) is 129 cm³/mol. The van der Waals surface area contributed by atoms with Crippen molar-refractivity contribution in [2.75, 3.05) is 12.4 Å². The smallest absolute Gasteiger partial charge is 0.221 e. The molecule has 1 heterocycles. The van der Waals surface area contributed by atoms with Crippen LogP contribution in [-0.4, -0.2) is 32.2 Å². The van der Waals surface area contributed by atoms with Crippen LogP contribution in [-0.2, 0) is 11.5 Å². The van der Waals surface area contributed by atoms with E-state index >= 15 is 0 Å². The van der Waals surface area contributed by atoms with Crippen molar-refractivity contribution in [3.8, 4) is 5.69 Å². The lowest BCUT2D eigenvalue weighted by Crippen LogP contribution is -2.28. The zero-order chi connectivity index (χ0) is 23.4. The van der Waals surface area contributed by atoms with E-state index < -0.39 is 0 Å². The predicted octanol–water partition coefficient (Wildman–Crippen LogP) is 5.18. The van der Waals surface area contributed by atoms with E-state index in [2.05, 4.69) is 27.4 Å². The highest BCUT2D eigenvalue weighted by Gasteiger charge is 2.20. The van der Waals surface area contributed by atoms with Crippen molar-refractivity contribution in [2.45, 2.75) is 19.6 Å². The Hall–Kier alpha value is -3.62. The third-order valence-corrected chi connectivity index (χ3v) is 5.68. The van der Waals surface area contributed by atoms with Crippen LogP contribution in [0.2, 0.25) is 0 Å². The lowest BCUT2D eigenvalue weighted by atomic mass is 9.98. The van der Waals surface area contributed by atoms with Gasteiger partial charge >= 0.3 is 0 Å². The maximum Gasteiger partial charge on any atom is 0.221 e. The Morgan fingerprint density at radius 3 is 2.45 bits per heavy atom. The molecule has 1 N–H and O–H groups in total. The average Bonchev–Trinajstić information content (AvgIpc) is 3.16. The van der Waals surface area contributed by atoms with E-state index in [1.807, 2.05) is 49.5 Å². The largest absolute Gasteiger partial charge is 0.326 e. The summed E-state index contributed by atoms with van der Waals surface area (Å²) in [5.74, 6) is -0.406. The van der Waals surface area contributed by atoms with Gasteiger partial charge in [0.1, 0.15) is 12.1 Å². The van der Waals surface area contributed by atoms with Gasteiger partial charge in [0.2, 0.25) is 10.7 Å². The minimum absolute atomic E-state index is 0.109. The number of benzene rings is 3. The second kappa shape index (κ2) is 9.89. The average molecular weight is 462 g/mol. The van der Waals surface area contributed by atoms with Crippen LogP contribution >= 0.6 is 12.2 Å². The van der Waals surface area contributed by atoms with Crippen LogP contribution in [0.25, 0.3) is 5.69 Å². The first-order valence-electron chi connectivity index (χ1n) is 10.5. The molecule has 0 aliphatic rings. The quantitative estimate of drug-likeness (QED) is 0.386. The van der Waals surface area contributed by atoms with Gasteiger partial charge in [-0.2, -0.15) is 5.10 Å². The highest BCUT2D eigenvalue weighted by molar-refractivity contribution is 7.71. The summed E-state index contributed by atoms with van der Waals surface area (Å²) in [5, 5.41) is 7.27. The molecule has 1 aromatic heterocycles. The van der Waals surface area contributed by atoms with Gasteiger partial charge in [0.15, 0.2) is 0 Å². The summed E-state index contributed by atoms with van der Waals surface area (Å²) in [6.45, 7) is 1.89. The topological polar surface area (TPSA) is 55.1 Å². The third kappa shape index (κ3) is 5.24. The number of aromatic nitrogens is 3. The number of carbonyl (C=O) groups excluding carboxylic acids is 1. The van der Waals surface area contributed by atoms with Gasteiger partial charge in [-0.3, -0.25) is 14.3 Å². The molecule has 3 aromatic carbocycles. The molecule has 1 atom stereocenters. The van der Waals surface area contributed by atoms with Crippen LogP contribution in [0.1, 0.15) is 24.1 Å². The molecule has 0 aliphatic heterocycles. The van der Waals surface area contributed by atoms with Gasteiger partial charge < -0.3 is 5.32 Å². The molecule has 6 nitrogen and oxygen atoms in total. The number of rotatable bonds is 7. The molecule has 8 heteroatoms. The fourth-order valence-corrected chi connectivity index (χ4v) is 4.08. The number of hydrogen-bond donors (Lipinski definition) is 1. The van der Waals surface area contributed by atoms with E-state index in [1.165, 1.54) is 19.1 Å². The molecule has 0 unspecified atom stereocenters. The van der Waals surface area contributed by atoms with Gasteiger partial charge in [-0.1, -0.05) is 48.5 Å². The number of nitrogens with one attached hydrogen (secondary N) is 1. The van der Waals surface area contributed by atoms with Crippen molar-refractivity contribution in [2.24, 2.45) is 0 Å². The monoisotopic (exact) mass is 461 g/mol. The van der Waals surface area contributed by atoms with Gasteiger partial charge in [-0.15, -0.1) is 0 Å². The molecular weight excluding hydrogens is 437 g/mol. The number of halogens is 1. The second-order valence-corrected chi connectivity index (χ2v) is 8.14. The Balaban J connectivity index is 1.63. The fraction of sp³-hybridized carbons (Fsp3) is 0.160. The zero-order valence-corrected chi connectivity index (χ0v) is 19.2. The van der Waals surface area contributed by atoms with Crippen molar-refractivity contribution < 1.29 is 9.18 Å². The summed E-state index contributed by atoms with van der Waals surface area (Å²) in [6.07, 6.45) is 1.67. The van der Waals surface area contributed by atoms with E-state index in [0.717, 1.165) is 16.8 Å². The van der Waals surface area contributed by atoms with Crippen LogP contribution in [0.3, 0.4) is 0 Å². The first-order chi connectivity index (χ1) is 15.9. The van der Waals surface area contributed by atoms with E-state index in [0.29, 0.717) is 17.1 Å². The van der Waals surface area contributed by atoms with Crippen molar-refractivity contribution in [3.05, 3.63) is 107 Å². The highest BCUT2D eigenvalue weighted by Crippen LogP contribution is 2.28. The highest BCUT2D eigenvalue weighted by atomic mass is 32.1. The minimum Gasteiger partial charge on any atom is -0.326 e. The Labute approximate surface area is 196 Å². The molecule has 4 aromatic rings. The van der Waals surface area contributed by atoms with E-state index in [4.69, 9.17) is 12.2 Å². The molecular formula is C25H24FN5OS. The molecule has 0 bridgehead atoms. The normalized spacial score (nSPS) is 12.0. The first-order valence-corrected chi connectivity index (χ1v) is 10.9. The number of anilines is 1. The maximum atomic E-state index is 13.5. The Bertz CT molecular complexity index is 1300. The lowest BCUT2D eigenvalue weighted by Gasteiger charge is -2.28. The van der Waals surface area contributed by atoms with Gasteiger partial charge in [-0.25, -0.2) is 9.07 Å². The maximum absolute atomic E-state index is 13.5. The number of carbonyl (C=O) groups is 1. The van der Waals surface area contributed by atoms with E-state index in [9.17, 15) is 9.18 Å². The fourth-order valence-electron chi connectivity index (χ4n) is 3.82. The van der Waals surface area contributed by atoms with Crippen LogP contribution in [0.4, 0.5) is 10.1 Å². The van der Waals surface area contributed by atoms with Gasteiger partial charge in [-0.05, 0) is 60.7 Å². The third-order valence-electron chi connectivity index (χ3n) is 5.28. The van der Waals surface area contributed by atoms with Crippen molar-refractivity contribution in [3.63, 3.8) is 0 Å². The molecule has 0 fully saturated rings. The molecule has 0 saturated carbocycles. The minimum atomic E-state index is -0.268. The van der Waals surface area contributed by atoms with Crippen LogP contribution in [0.5, 0.6) is 0 Å². The molecule has 1 amide bonds. The first kappa shape index (κ1) is 22.6. The number of amides is 1. The zero-order valence-electron chi connectivity index (χ0n) is 18.4. The molecule has 33 heavy (non-hydrogen) atoms. The van der Waals surface area contributed by atoms with Crippen LogP contribution in [0, 0.1) is 10.6 Å². The summed E-state index contributed by atoms with van der Waals surface area (Å²) >= 11 is 5.69. The van der Waals surface area contributed by atoms with Gasteiger partial charge in [0.25, 0.3) is 0 Å². The summed E-state index contributed by atoms with van der Waals surface area (Å²) in [6, 6.07) is 23.9. The summed E-state index contributed by atoms with van der Waals surface area (Å²) in [4.78, 5) is 13.5. The molecule has 0 radical (unpaired) electrons. The molecule has 0 aliphatic carbocycles. The molecule has 168 valence electrons. The Morgan fingerprint density at radius 2 is 1.76 bits per heavy atom. The van der Waals surface area contributed by atoms with E-state index in [-0.39, 0.29) is 17.8 Å². The van der Waals surface area contributed by atoms with Crippen LogP contribution < -0.4 is 5.32 Å². The standard InChI is InChI=1S/C25H24FN5OS/c1-18(32)28-22-9-6-10-23(15-22)30-16-27-31(25(30)33)17-29(2)24(19-7-4-3-5-8-19)20-11-13-21(26)14-12-20/h3-16,24H,17H2,1-2H3,(H,28,32)/t24-/m1/s1. The Kier molecular flexibility index (Phi) is 6.76. The molecule has 0 saturated heterocycles. The van der Waals surface area contributed by atoms with Crippen molar-refractivity contribution >= 4 is 23.8 Å². The summed E-state index contributed by atoms with van der Waals surface area (Å²) in [7, 11) is 1.99. The van der Waals surface area contributed by atoms with E-state index in [1.54, 1.807) is 27.7 Å². The van der Waals surface area contributed by atoms with Gasteiger partial charge in [0.05, 0.1) is 18.4 Å². The second-order valence-electron chi connectivity index (χ2n) is 7.78.